The lowest BCUT2D eigenvalue weighted by atomic mass is 9.73. The molecule has 1 unspecified atom stereocenters. The molecule has 1 heterocycles. The normalized spacial score (nSPS) is 15.1. The fourth-order valence-corrected chi connectivity index (χ4v) is 5.46. The first-order chi connectivity index (χ1) is 17.8. The predicted octanol–water partition coefficient (Wildman–Crippen LogP) is 5.02. The third-order valence-corrected chi connectivity index (χ3v) is 7.27. The number of nitrogens with one attached hydrogen (secondary N) is 1. The van der Waals surface area contributed by atoms with E-state index in [1.54, 1.807) is 29.3 Å². The highest BCUT2D eigenvalue weighted by molar-refractivity contribution is 6.05. The highest BCUT2D eigenvalue weighted by Gasteiger charge is 2.53. The van der Waals surface area contributed by atoms with Crippen LogP contribution in [0.1, 0.15) is 55.2 Å². The number of rotatable bonds is 9. The van der Waals surface area contributed by atoms with Gasteiger partial charge in [-0.2, -0.15) is 0 Å². The number of pyridine rings is 1. The Labute approximate surface area is 218 Å². The molecule has 0 aliphatic heterocycles. The zero-order valence-electron chi connectivity index (χ0n) is 21.4. The molecule has 7 heteroatoms. The molecule has 3 N–H and O–H groups in total. The summed E-state index contributed by atoms with van der Waals surface area (Å²) in [6, 6.07) is 20.5. The summed E-state index contributed by atoms with van der Waals surface area (Å²) in [5, 5.41) is 2.73. The van der Waals surface area contributed by atoms with Gasteiger partial charge in [0.25, 0.3) is 0 Å². The van der Waals surface area contributed by atoms with E-state index in [9.17, 15) is 14.4 Å². The van der Waals surface area contributed by atoms with Crippen molar-refractivity contribution in [3.8, 4) is 0 Å². The summed E-state index contributed by atoms with van der Waals surface area (Å²) in [6.45, 7) is 3.90. The Kier molecular flexibility index (Phi) is 8.01. The third kappa shape index (κ3) is 5.40. The lowest BCUT2D eigenvalue weighted by Crippen LogP contribution is -2.61. The van der Waals surface area contributed by atoms with Crippen LogP contribution in [0.2, 0.25) is 0 Å². The number of benzene rings is 2. The van der Waals surface area contributed by atoms with Crippen LogP contribution in [0.25, 0.3) is 0 Å². The van der Waals surface area contributed by atoms with Gasteiger partial charge in [0.1, 0.15) is 5.82 Å². The molecule has 3 amide bonds. The van der Waals surface area contributed by atoms with Crippen molar-refractivity contribution in [2.24, 2.45) is 11.7 Å². The standard InChI is InChI=1S/C30H34N4O3/c1-21-14-16-24(17-15-21)30(29(31)37,23-10-4-5-11-23)34(25-12-6-3-9-22(25)2)28(36)19-18-27(35)33-26-13-7-8-20-32-26/h3,6-9,12-17,20,23H,4-5,10-11,18-19H2,1-2H3,(H2,31,37)(H,32,33,35). The van der Waals surface area contributed by atoms with Gasteiger partial charge in [0.2, 0.25) is 17.7 Å². The smallest absolute Gasteiger partial charge is 0.248 e. The maximum absolute atomic E-state index is 14.1. The Balaban J connectivity index is 1.77. The fourth-order valence-electron chi connectivity index (χ4n) is 5.46. The van der Waals surface area contributed by atoms with Crippen LogP contribution < -0.4 is 16.0 Å². The molecule has 1 aliphatic rings. The predicted molar refractivity (Wildman–Crippen MR) is 145 cm³/mol. The van der Waals surface area contributed by atoms with Gasteiger partial charge in [-0.3, -0.25) is 19.3 Å². The van der Waals surface area contributed by atoms with Crippen LogP contribution in [0.5, 0.6) is 0 Å². The summed E-state index contributed by atoms with van der Waals surface area (Å²) in [5.74, 6) is -0.918. The van der Waals surface area contributed by atoms with Crippen molar-refractivity contribution in [3.63, 3.8) is 0 Å². The minimum Gasteiger partial charge on any atom is -0.367 e. The van der Waals surface area contributed by atoms with Crippen LogP contribution in [0.4, 0.5) is 11.5 Å². The molecule has 1 saturated carbocycles. The van der Waals surface area contributed by atoms with Gasteiger partial charge >= 0.3 is 0 Å². The molecule has 7 nitrogen and oxygen atoms in total. The molecule has 0 radical (unpaired) electrons. The van der Waals surface area contributed by atoms with Crippen molar-refractivity contribution in [1.82, 2.24) is 4.98 Å². The van der Waals surface area contributed by atoms with E-state index in [2.05, 4.69) is 10.3 Å². The van der Waals surface area contributed by atoms with Crippen LogP contribution in [0.3, 0.4) is 0 Å². The van der Waals surface area contributed by atoms with Crippen LogP contribution in [0.15, 0.2) is 72.9 Å². The van der Waals surface area contributed by atoms with Crippen LogP contribution in [0, 0.1) is 19.8 Å². The summed E-state index contributed by atoms with van der Waals surface area (Å²) in [5.41, 5.74) is 8.15. The molecule has 2 aromatic carbocycles. The summed E-state index contributed by atoms with van der Waals surface area (Å²) < 4.78 is 0. The number of para-hydroxylation sites is 1. The van der Waals surface area contributed by atoms with Crippen molar-refractivity contribution < 1.29 is 14.4 Å². The number of primary amides is 1. The molecular weight excluding hydrogens is 464 g/mol. The average Bonchev–Trinajstić information content (AvgIpc) is 3.43. The van der Waals surface area contributed by atoms with E-state index in [-0.39, 0.29) is 30.6 Å². The SMILES string of the molecule is Cc1ccc(C(C(N)=O)(C2CCCC2)N(C(=O)CCC(=O)Nc2ccccn2)c2ccccc2C)cc1. The van der Waals surface area contributed by atoms with Crippen molar-refractivity contribution >= 4 is 29.2 Å². The minimum atomic E-state index is -1.37. The van der Waals surface area contributed by atoms with Crippen LogP contribution >= 0.6 is 0 Å². The molecule has 3 aromatic rings. The van der Waals surface area contributed by atoms with E-state index in [1.807, 2.05) is 62.4 Å². The summed E-state index contributed by atoms with van der Waals surface area (Å²) >= 11 is 0. The van der Waals surface area contributed by atoms with Crippen molar-refractivity contribution in [3.05, 3.63) is 89.6 Å². The molecule has 0 saturated heterocycles. The van der Waals surface area contributed by atoms with Gasteiger partial charge in [-0.25, -0.2) is 4.98 Å². The quantitative estimate of drug-likeness (QED) is 0.432. The van der Waals surface area contributed by atoms with Gasteiger partial charge in [-0.05, 0) is 61.9 Å². The van der Waals surface area contributed by atoms with Crippen molar-refractivity contribution in [1.29, 1.82) is 0 Å². The number of nitrogens with two attached hydrogens (primary N) is 1. The van der Waals surface area contributed by atoms with Gasteiger partial charge in [-0.15, -0.1) is 0 Å². The number of aryl methyl sites for hydroxylation is 2. The highest BCUT2D eigenvalue weighted by atomic mass is 16.2. The topological polar surface area (TPSA) is 105 Å². The molecule has 1 atom stereocenters. The molecule has 1 aliphatic carbocycles. The number of anilines is 2. The third-order valence-electron chi connectivity index (χ3n) is 7.27. The molecule has 4 rings (SSSR count). The van der Waals surface area contributed by atoms with E-state index in [0.717, 1.165) is 36.8 Å². The second-order valence-corrected chi connectivity index (χ2v) is 9.76. The van der Waals surface area contributed by atoms with E-state index in [4.69, 9.17) is 5.73 Å². The van der Waals surface area contributed by atoms with E-state index in [1.165, 1.54) is 0 Å². The fraction of sp³-hybridized carbons (Fsp3) is 0.333. The van der Waals surface area contributed by atoms with Gasteiger partial charge in [0, 0.05) is 24.7 Å². The first-order valence-electron chi connectivity index (χ1n) is 12.8. The zero-order valence-corrected chi connectivity index (χ0v) is 21.4. The Morgan fingerprint density at radius 2 is 1.62 bits per heavy atom. The molecule has 37 heavy (non-hydrogen) atoms. The lowest BCUT2D eigenvalue weighted by molar-refractivity contribution is -0.131. The number of hydrogen-bond acceptors (Lipinski definition) is 4. The van der Waals surface area contributed by atoms with Gasteiger partial charge < -0.3 is 11.1 Å². The number of carbonyl (C=O) groups excluding carboxylic acids is 3. The molecule has 0 spiro atoms. The summed E-state index contributed by atoms with van der Waals surface area (Å²) in [7, 11) is 0. The Hall–Kier alpha value is -4.00. The van der Waals surface area contributed by atoms with Gasteiger partial charge in [0.15, 0.2) is 5.54 Å². The highest BCUT2D eigenvalue weighted by Crippen LogP contribution is 2.47. The Morgan fingerprint density at radius 1 is 0.946 bits per heavy atom. The first-order valence-corrected chi connectivity index (χ1v) is 12.8. The maximum atomic E-state index is 14.1. The minimum absolute atomic E-state index is 0.0504. The van der Waals surface area contributed by atoms with E-state index in [0.29, 0.717) is 17.1 Å². The van der Waals surface area contributed by atoms with E-state index < -0.39 is 11.4 Å². The van der Waals surface area contributed by atoms with Crippen LogP contribution in [-0.4, -0.2) is 22.7 Å². The van der Waals surface area contributed by atoms with Crippen molar-refractivity contribution in [2.75, 3.05) is 10.2 Å². The molecule has 192 valence electrons. The van der Waals surface area contributed by atoms with E-state index >= 15 is 0 Å². The summed E-state index contributed by atoms with van der Waals surface area (Å²) in [4.78, 5) is 46.2. The van der Waals surface area contributed by atoms with Gasteiger partial charge in [0.05, 0.1) is 0 Å². The monoisotopic (exact) mass is 498 g/mol. The number of hydrogen-bond donors (Lipinski definition) is 2. The summed E-state index contributed by atoms with van der Waals surface area (Å²) in [6.07, 6.45) is 4.96. The molecule has 1 aromatic heterocycles. The maximum Gasteiger partial charge on any atom is 0.248 e. The zero-order chi connectivity index (χ0) is 26.4. The number of carbonyl (C=O) groups is 3. The molecular formula is C30H34N4O3. The van der Waals surface area contributed by atoms with Gasteiger partial charge in [-0.1, -0.05) is 66.9 Å². The second kappa shape index (κ2) is 11.4. The Morgan fingerprint density at radius 3 is 2.24 bits per heavy atom. The largest absolute Gasteiger partial charge is 0.367 e. The Bertz CT molecular complexity index is 1250. The van der Waals surface area contributed by atoms with Crippen LogP contribution in [-0.2, 0) is 19.9 Å². The molecule has 0 bridgehead atoms. The first kappa shape index (κ1) is 26.1. The molecule has 1 fully saturated rings. The number of nitrogens with zero attached hydrogens (tertiary/aromatic N) is 2. The average molecular weight is 499 g/mol. The van der Waals surface area contributed by atoms with Crippen molar-refractivity contribution in [2.45, 2.75) is 57.9 Å². The number of amides is 3. The number of aromatic nitrogens is 1. The lowest BCUT2D eigenvalue weighted by Gasteiger charge is -2.46. The second-order valence-electron chi connectivity index (χ2n) is 9.76.